The van der Waals surface area contributed by atoms with E-state index >= 15 is 0 Å². The van der Waals surface area contributed by atoms with Crippen LogP contribution in [0, 0.1) is 0 Å². The summed E-state index contributed by atoms with van der Waals surface area (Å²) in [5, 5.41) is 0.807. The summed E-state index contributed by atoms with van der Waals surface area (Å²) in [6.07, 6.45) is 0. The molecule has 0 saturated carbocycles. The van der Waals surface area contributed by atoms with Crippen molar-refractivity contribution in [1.29, 1.82) is 0 Å². The molecule has 0 unspecified atom stereocenters. The van der Waals surface area contributed by atoms with Gasteiger partial charge in [0.2, 0.25) is 0 Å². The molecule has 7 heteroatoms. The Balaban J connectivity index is 2.68. The quantitative estimate of drug-likeness (QED) is 0.684. The van der Waals surface area contributed by atoms with E-state index in [2.05, 4.69) is 0 Å². The lowest BCUT2D eigenvalue weighted by molar-refractivity contribution is 0.100. The second-order valence-electron chi connectivity index (χ2n) is 3.82. The Hall–Kier alpha value is -2.28. The van der Waals surface area contributed by atoms with Crippen LogP contribution in [-0.2, 0) is 0 Å². The molecule has 0 saturated heterocycles. The molecule has 0 radical (unpaired) electrons. The van der Waals surface area contributed by atoms with Gasteiger partial charge in [-0.3, -0.25) is 4.79 Å². The molecule has 0 fully saturated rings. The number of rotatable bonds is 2. The van der Waals surface area contributed by atoms with Crippen LogP contribution < -0.4 is 20.9 Å². The Morgan fingerprint density at radius 1 is 1.05 bits per heavy atom. The van der Waals surface area contributed by atoms with Crippen LogP contribution in [0.25, 0.3) is 20.3 Å². The minimum absolute atomic E-state index is 0.421. The molecule has 6 nitrogen and oxygen atoms in total. The molecule has 0 aliphatic heterocycles. The minimum Gasteiger partial charge on any atom is -0.412 e. The van der Waals surface area contributed by atoms with Crippen LogP contribution in [-0.4, -0.2) is 23.7 Å². The van der Waals surface area contributed by atoms with Crippen molar-refractivity contribution in [2.24, 2.45) is 0 Å². The Labute approximate surface area is 110 Å². The highest BCUT2D eigenvalue weighted by Crippen LogP contribution is 2.30. The zero-order valence-corrected chi connectivity index (χ0v) is 11.1. The maximum absolute atomic E-state index is 12.2. The van der Waals surface area contributed by atoms with Crippen LogP contribution in [0.15, 0.2) is 33.9 Å². The summed E-state index contributed by atoms with van der Waals surface area (Å²) in [6, 6.07) is 7.46. The van der Waals surface area contributed by atoms with E-state index in [0.29, 0.717) is 14.9 Å². The molecule has 98 valence electrons. The summed E-state index contributed by atoms with van der Waals surface area (Å²) in [7, 11) is 2.64. The average molecular weight is 278 g/mol. The molecular weight excluding hydrogens is 268 g/mol. The maximum Gasteiger partial charge on any atom is 0.398 e. The van der Waals surface area contributed by atoms with E-state index < -0.39 is 11.2 Å². The van der Waals surface area contributed by atoms with Crippen LogP contribution in [0.2, 0.25) is 0 Å². The van der Waals surface area contributed by atoms with Gasteiger partial charge in [-0.1, -0.05) is 22.9 Å². The fraction of sp³-hybridized carbons (Fsp3) is 0.167. The lowest BCUT2D eigenvalue weighted by Crippen LogP contribution is -2.44. The molecule has 0 aliphatic rings. The SMILES string of the molecule is COn1c(=O)c2sc3ccccc3c2n(OC)c1=O. The van der Waals surface area contributed by atoms with Crippen molar-refractivity contribution in [2.75, 3.05) is 14.2 Å². The zero-order chi connectivity index (χ0) is 13.6. The van der Waals surface area contributed by atoms with Crippen LogP contribution >= 0.6 is 11.3 Å². The number of hydrogen-bond acceptors (Lipinski definition) is 5. The molecular formula is C12H10N2O4S. The largest absolute Gasteiger partial charge is 0.412 e. The van der Waals surface area contributed by atoms with Crippen molar-refractivity contribution in [3.8, 4) is 0 Å². The summed E-state index contributed by atoms with van der Waals surface area (Å²) in [5.74, 6) is 0. The van der Waals surface area contributed by atoms with Gasteiger partial charge in [0.05, 0.1) is 0 Å². The van der Waals surface area contributed by atoms with Crippen molar-refractivity contribution >= 4 is 31.6 Å². The second-order valence-corrected chi connectivity index (χ2v) is 4.87. The second kappa shape index (κ2) is 4.13. The zero-order valence-electron chi connectivity index (χ0n) is 10.2. The van der Waals surface area contributed by atoms with Gasteiger partial charge in [-0.25, -0.2) is 4.79 Å². The van der Waals surface area contributed by atoms with Crippen molar-refractivity contribution in [3.05, 3.63) is 45.1 Å². The van der Waals surface area contributed by atoms with Crippen molar-refractivity contribution in [2.45, 2.75) is 0 Å². The first-order chi connectivity index (χ1) is 9.19. The van der Waals surface area contributed by atoms with Crippen LogP contribution in [0.1, 0.15) is 0 Å². The number of aromatic nitrogens is 2. The molecule has 3 aromatic rings. The van der Waals surface area contributed by atoms with Gasteiger partial charge in [-0.2, -0.15) is 0 Å². The number of fused-ring (bicyclic) bond motifs is 3. The standard InChI is InChI=1S/C12H10N2O4S/c1-17-13-9-7-5-3-4-6-8(7)19-10(9)11(15)14(18-2)12(13)16/h3-6H,1-2H3. The third kappa shape index (κ3) is 1.48. The van der Waals surface area contributed by atoms with E-state index in [9.17, 15) is 9.59 Å². The van der Waals surface area contributed by atoms with Crippen molar-refractivity contribution in [3.63, 3.8) is 0 Å². The number of hydrogen-bond donors (Lipinski definition) is 0. The van der Waals surface area contributed by atoms with Crippen molar-refractivity contribution in [1.82, 2.24) is 9.46 Å². The highest BCUT2D eigenvalue weighted by molar-refractivity contribution is 7.25. The number of thiophene rings is 1. The van der Waals surface area contributed by atoms with E-state index in [4.69, 9.17) is 9.68 Å². The Bertz CT molecular complexity index is 890. The molecule has 0 aliphatic carbocycles. The van der Waals surface area contributed by atoms with Crippen LogP contribution in [0.5, 0.6) is 0 Å². The lowest BCUT2D eigenvalue weighted by Gasteiger charge is -2.08. The summed E-state index contributed by atoms with van der Waals surface area (Å²) in [5.41, 5.74) is -0.658. The number of benzene rings is 1. The highest BCUT2D eigenvalue weighted by Gasteiger charge is 2.18. The smallest absolute Gasteiger partial charge is 0.398 e. The summed E-state index contributed by atoms with van der Waals surface area (Å²) in [4.78, 5) is 34.2. The molecule has 19 heavy (non-hydrogen) atoms. The first-order valence-electron chi connectivity index (χ1n) is 5.47. The Morgan fingerprint density at radius 3 is 2.42 bits per heavy atom. The predicted molar refractivity (Wildman–Crippen MR) is 72.9 cm³/mol. The molecule has 3 rings (SSSR count). The molecule has 2 heterocycles. The van der Waals surface area contributed by atoms with Gasteiger partial charge in [0.15, 0.2) is 0 Å². The first kappa shape index (κ1) is 11.8. The normalized spacial score (nSPS) is 11.1. The molecule has 2 aromatic heterocycles. The van der Waals surface area contributed by atoms with Gasteiger partial charge in [-0.05, 0) is 6.07 Å². The molecule has 0 amide bonds. The number of nitrogens with zero attached hydrogens (tertiary/aromatic N) is 2. The van der Waals surface area contributed by atoms with Gasteiger partial charge in [0.25, 0.3) is 0 Å². The summed E-state index contributed by atoms with van der Waals surface area (Å²) >= 11 is 1.30. The van der Waals surface area contributed by atoms with Crippen LogP contribution in [0.4, 0.5) is 0 Å². The molecule has 1 aromatic carbocycles. The van der Waals surface area contributed by atoms with Crippen LogP contribution in [0.3, 0.4) is 0 Å². The fourth-order valence-electron chi connectivity index (χ4n) is 2.07. The van der Waals surface area contributed by atoms with Gasteiger partial charge >= 0.3 is 11.2 Å². The summed E-state index contributed by atoms with van der Waals surface area (Å²) < 4.78 is 3.08. The van der Waals surface area contributed by atoms with E-state index in [0.717, 1.165) is 14.8 Å². The van der Waals surface area contributed by atoms with Gasteiger partial charge in [-0.15, -0.1) is 16.1 Å². The Morgan fingerprint density at radius 2 is 1.74 bits per heavy atom. The van der Waals surface area contributed by atoms with E-state index in [1.54, 1.807) is 0 Å². The molecule has 0 spiro atoms. The van der Waals surface area contributed by atoms with Gasteiger partial charge in [0, 0.05) is 10.1 Å². The third-order valence-electron chi connectivity index (χ3n) is 2.86. The fourth-order valence-corrected chi connectivity index (χ4v) is 3.17. The van der Waals surface area contributed by atoms with Gasteiger partial charge in [0.1, 0.15) is 24.4 Å². The van der Waals surface area contributed by atoms with E-state index in [-0.39, 0.29) is 0 Å². The maximum atomic E-state index is 12.2. The summed E-state index contributed by atoms with van der Waals surface area (Å²) in [6.45, 7) is 0. The topological polar surface area (TPSA) is 62.5 Å². The van der Waals surface area contributed by atoms with E-state index in [1.165, 1.54) is 25.6 Å². The molecule has 0 atom stereocenters. The third-order valence-corrected chi connectivity index (χ3v) is 4.01. The Kier molecular flexibility index (Phi) is 2.56. The van der Waals surface area contributed by atoms with Gasteiger partial charge < -0.3 is 9.68 Å². The monoisotopic (exact) mass is 278 g/mol. The lowest BCUT2D eigenvalue weighted by atomic mass is 10.2. The molecule has 0 N–H and O–H groups in total. The first-order valence-corrected chi connectivity index (χ1v) is 6.29. The van der Waals surface area contributed by atoms with E-state index in [1.807, 2.05) is 24.3 Å². The molecule has 0 bridgehead atoms. The minimum atomic E-state index is -0.661. The average Bonchev–Trinajstić information content (AvgIpc) is 2.80. The predicted octanol–water partition coefficient (Wildman–Crippen LogP) is 0.495. The highest BCUT2D eigenvalue weighted by atomic mass is 32.1. The van der Waals surface area contributed by atoms with Crippen molar-refractivity contribution < 1.29 is 9.68 Å².